The van der Waals surface area contributed by atoms with Gasteiger partial charge in [0.25, 0.3) is 0 Å². The van der Waals surface area contributed by atoms with Crippen LogP contribution in [0, 0.1) is 47.4 Å². The smallest absolute Gasteiger partial charge is 0.198 e. The van der Waals surface area contributed by atoms with Gasteiger partial charge in [-0.15, -0.1) is 0 Å². The van der Waals surface area contributed by atoms with Crippen LogP contribution in [0.1, 0.15) is 89.4 Å². The lowest BCUT2D eigenvalue weighted by Crippen LogP contribution is -2.54. The Labute approximate surface area is 389 Å². The summed E-state index contributed by atoms with van der Waals surface area (Å²) >= 11 is 0. The molecule has 4 aromatic carbocycles. The molecule has 4 aromatic rings. The second kappa shape index (κ2) is 15.0. The number of ether oxygens (including phenoxy) is 2. The first-order chi connectivity index (χ1) is 32.7. The molecule has 0 unspecified atom stereocenters. The first-order valence-corrected chi connectivity index (χ1v) is 22.0. The van der Waals surface area contributed by atoms with Crippen LogP contribution in [0.25, 0.3) is 0 Å². The minimum Gasteiger partial charge on any atom is -0.508 e. The van der Waals surface area contributed by atoms with Crippen molar-refractivity contribution in [3.63, 3.8) is 0 Å². The van der Waals surface area contributed by atoms with Gasteiger partial charge >= 0.3 is 0 Å². The van der Waals surface area contributed by atoms with Gasteiger partial charge in [-0.1, -0.05) is 89.8 Å². The van der Waals surface area contributed by atoms with Gasteiger partial charge in [-0.3, -0.25) is 14.4 Å². The van der Waals surface area contributed by atoms with Crippen LogP contribution in [0.3, 0.4) is 0 Å². The summed E-state index contributed by atoms with van der Waals surface area (Å²) in [6.07, 6.45) is 1.65. The minimum absolute atomic E-state index is 0.0117. The van der Waals surface area contributed by atoms with Crippen LogP contribution in [0.2, 0.25) is 0 Å². The van der Waals surface area contributed by atoms with Crippen LogP contribution in [0.15, 0.2) is 78.9 Å². The number of rotatable bonds is 4. The van der Waals surface area contributed by atoms with Crippen molar-refractivity contribution in [3.8, 4) is 58.9 Å². The maximum atomic E-state index is 13.8. The number of aliphatic hydroxyl groups is 4. The number of hydrogen-bond acceptors (Lipinski definition) is 14. The van der Waals surface area contributed by atoms with Crippen molar-refractivity contribution in [2.24, 2.45) is 0 Å². The number of benzene rings is 4. The normalized spacial score (nSPS) is 31.0. The van der Waals surface area contributed by atoms with E-state index in [1.54, 1.807) is 37.3 Å². The number of aromatic hydroxyl groups is 2. The number of phenolic OH excluding ortho intramolecular Hbond substituents is 2. The molecule has 12 rings (SSSR count). The number of epoxide rings is 2. The maximum Gasteiger partial charge on any atom is 0.198 e. The molecule has 0 spiro atoms. The third-order valence-electron chi connectivity index (χ3n) is 14.4. The molecular formula is C54H41N3O11. The molecule has 2 saturated heterocycles. The molecule has 0 amide bonds. The number of anilines is 2. The Morgan fingerprint density at radius 1 is 0.662 bits per heavy atom. The van der Waals surface area contributed by atoms with Crippen LogP contribution in [-0.2, 0) is 33.6 Å². The summed E-state index contributed by atoms with van der Waals surface area (Å²) in [6, 6.07) is 13.4. The first-order valence-electron chi connectivity index (χ1n) is 22.0. The zero-order valence-corrected chi connectivity index (χ0v) is 36.6. The van der Waals surface area contributed by atoms with Gasteiger partial charge in [0, 0.05) is 46.3 Å². The van der Waals surface area contributed by atoms with Crippen LogP contribution in [0.5, 0.6) is 11.5 Å². The van der Waals surface area contributed by atoms with E-state index in [0.717, 1.165) is 11.1 Å². The lowest BCUT2D eigenvalue weighted by Gasteiger charge is -2.38. The summed E-state index contributed by atoms with van der Waals surface area (Å²) in [7, 11) is 1.86. The third kappa shape index (κ3) is 5.51. The van der Waals surface area contributed by atoms with Crippen LogP contribution < -0.4 is 16.0 Å². The summed E-state index contributed by atoms with van der Waals surface area (Å²) in [5.74, 6) is 21.1. The number of nitrogens with one attached hydrogen (secondary N) is 3. The molecule has 4 bridgehead atoms. The molecule has 10 atom stereocenters. The molecular weight excluding hydrogens is 867 g/mol. The Morgan fingerprint density at radius 2 is 1.15 bits per heavy atom. The highest BCUT2D eigenvalue weighted by Crippen LogP contribution is 2.68. The van der Waals surface area contributed by atoms with Crippen molar-refractivity contribution in [1.82, 2.24) is 5.32 Å². The highest BCUT2D eigenvalue weighted by Gasteiger charge is 2.83. The SMILES string of the molecule is CNCc1ccc2c(c1)Cc1c(O)cc3c(c1C2=O)N[C@H]1C#C/C=C\C#C[C@@H](O)[C@@]32O[C@@]12[C@@H](C)O.C[C@@H](O)[C@@]12O[C@]13c1cc(O)c4c(c1N[C@H]2C#C/C=C\C#C[C@H]3O)C(=O)c1ccccc1C4=O. The molecule has 2 fully saturated rings. The number of hydrogen-bond donors (Lipinski definition) is 9. The minimum atomic E-state index is -1.56. The van der Waals surface area contributed by atoms with Crippen LogP contribution >= 0.6 is 0 Å². The van der Waals surface area contributed by atoms with Crippen molar-refractivity contribution in [3.05, 3.63) is 140 Å². The average Bonchev–Trinajstić information content (AvgIpc) is 4.23. The van der Waals surface area contributed by atoms with E-state index in [2.05, 4.69) is 63.3 Å². The Balaban J connectivity index is 0.000000149. The topological polar surface area (TPSA) is 234 Å². The Bertz CT molecular complexity index is 3340. The van der Waals surface area contributed by atoms with E-state index in [4.69, 9.17) is 9.47 Å². The highest BCUT2D eigenvalue weighted by molar-refractivity contribution is 6.31. The molecule has 8 aliphatic rings. The average molecular weight is 908 g/mol. The number of ketones is 3. The Kier molecular flexibility index (Phi) is 9.52. The number of carbonyl (C=O) groups is 3. The van der Waals surface area contributed by atoms with E-state index >= 15 is 0 Å². The predicted molar refractivity (Wildman–Crippen MR) is 246 cm³/mol. The zero-order valence-electron chi connectivity index (χ0n) is 36.6. The molecule has 4 aliphatic heterocycles. The molecule has 14 nitrogen and oxygen atoms in total. The molecule has 0 aromatic heterocycles. The van der Waals surface area contributed by atoms with Gasteiger partial charge in [0.05, 0.1) is 40.3 Å². The van der Waals surface area contributed by atoms with Gasteiger partial charge < -0.3 is 56.1 Å². The van der Waals surface area contributed by atoms with Gasteiger partial charge in [-0.25, -0.2) is 0 Å². The quantitative estimate of drug-likeness (QED) is 0.0704. The molecule has 0 radical (unpaired) electrons. The summed E-state index contributed by atoms with van der Waals surface area (Å²) in [5, 5.41) is 75.5. The van der Waals surface area contributed by atoms with Gasteiger partial charge in [0.1, 0.15) is 23.6 Å². The highest BCUT2D eigenvalue weighted by atomic mass is 16.7. The maximum absolute atomic E-state index is 13.8. The van der Waals surface area contributed by atoms with E-state index < -0.39 is 76.2 Å². The summed E-state index contributed by atoms with van der Waals surface area (Å²) in [6.45, 7) is 3.77. The van der Waals surface area contributed by atoms with Crippen molar-refractivity contribution in [1.29, 1.82) is 0 Å². The van der Waals surface area contributed by atoms with E-state index in [0.29, 0.717) is 40.9 Å². The first kappa shape index (κ1) is 43.1. The van der Waals surface area contributed by atoms with Gasteiger partial charge in [0.2, 0.25) is 0 Å². The fourth-order valence-corrected chi connectivity index (χ4v) is 11.3. The number of aliphatic hydroxyl groups excluding tert-OH is 4. The van der Waals surface area contributed by atoms with Crippen molar-refractivity contribution >= 4 is 28.7 Å². The van der Waals surface area contributed by atoms with Gasteiger partial charge in [0.15, 0.2) is 52.0 Å². The zero-order chi connectivity index (χ0) is 47.7. The second-order valence-electron chi connectivity index (χ2n) is 17.9. The number of phenols is 2. The van der Waals surface area contributed by atoms with E-state index in [1.165, 1.54) is 37.3 Å². The third-order valence-corrected chi connectivity index (χ3v) is 14.4. The Hall–Kier alpha value is -7.47. The van der Waals surface area contributed by atoms with Crippen LogP contribution in [0.4, 0.5) is 11.4 Å². The molecule has 0 saturated carbocycles. The van der Waals surface area contributed by atoms with E-state index in [-0.39, 0.29) is 45.0 Å². The van der Waals surface area contributed by atoms with E-state index in [9.17, 15) is 45.0 Å². The molecule has 338 valence electrons. The van der Waals surface area contributed by atoms with Crippen molar-refractivity contribution in [2.45, 2.75) is 85.7 Å². The summed E-state index contributed by atoms with van der Waals surface area (Å²) in [5.41, 5.74) is -0.794. The monoisotopic (exact) mass is 907 g/mol. The Morgan fingerprint density at radius 3 is 1.68 bits per heavy atom. The summed E-state index contributed by atoms with van der Waals surface area (Å²) < 4.78 is 12.3. The summed E-state index contributed by atoms with van der Waals surface area (Å²) in [4.78, 5) is 40.6. The fraction of sp³-hybridized carbons (Fsp3) is 0.278. The van der Waals surface area contributed by atoms with Gasteiger partial charge in [-0.05, 0) is 68.5 Å². The van der Waals surface area contributed by atoms with E-state index in [1.807, 2.05) is 25.2 Å². The molecule has 4 aliphatic carbocycles. The van der Waals surface area contributed by atoms with Gasteiger partial charge in [-0.2, -0.15) is 0 Å². The number of carbonyl (C=O) groups excluding carboxylic acids is 3. The number of allylic oxidation sites excluding steroid dienone is 4. The molecule has 14 heteroatoms. The molecule has 4 heterocycles. The predicted octanol–water partition coefficient (Wildman–Crippen LogP) is 2.57. The van der Waals surface area contributed by atoms with Crippen LogP contribution in [-0.4, -0.2) is 103 Å². The lowest BCUT2D eigenvalue weighted by atomic mass is 9.69. The fourth-order valence-electron chi connectivity index (χ4n) is 11.3. The van der Waals surface area contributed by atoms with Crippen molar-refractivity contribution in [2.75, 3.05) is 17.7 Å². The largest absolute Gasteiger partial charge is 0.508 e. The standard InChI is InChI=1S/C28H24N2O5.C26H17NO6/c1-15(31)27-22-7-5-3-4-6-8-23(33)28(27,35-27)20-13-21(32)19-12-17-11-16(14-29-2)9-10-18(17)26(34)24(19)25(20)30-22;1-13(28)25-18-10-4-2-3-5-11-19(30)26(25,33-25)16-12-17(29)20-21(22(16)27-18)24(32)15-9-7-6-8-14(15)23(20)31/h3-4,9-11,13,15,22-23,29-33H,12,14H2,1-2H3;2-3,6-9,12-13,18-19,27-30H,1H3/b4-3-;3-2-/t15-,22+,23-,27+,28+;13-,18+,19-,25+,26+/m11/s1. The number of fused-ring (bicyclic) bond motifs is 8. The molecule has 9 N–H and O–H groups in total. The van der Waals surface area contributed by atoms with Crippen molar-refractivity contribution < 1.29 is 54.5 Å². The molecule has 68 heavy (non-hydrogen) atoms. The second-order valence-corrected chi connectivity index (χ2v) is 17.9. The lowest BCUT2D eigenvalue weighted by molar-refractivity contribution is 0.0866.